The largest absolute Gasteiger partial charge is 0.497 e. The second-order valence-electron chi connectivity index (χ2n) is 4.51. The van der Waals surface area contributed by atoms with Gasteiger partial charge in [0.25, 0.3) is 5.89 Å². The monoisotopic (exact) mass is 282 g/mol. The van der Waals surface area contributed by atoms with Gasteiger partial charge in [0, 0.05) is 18.2 Å². The Bertz CT molecular complexity index is 737. The molecule has 1 aromatic carbocycles. The normalized spacial score (nSPS) is 10.5. The average molecular weight is 282 g/mol. The van der Waals surface area contributed by atoms with E-state index in [1.165, 1.54) is 0 Å². The van der Waals surface area contributed by atoms with Crippen LogP contribution in [0, 0.1) is 0 Å². The number of anilines is 1. The van der Waals surface area contributed by atoms with Crippen LogP contribution in [0.25, 0.3) is 11.5 Å². The van der Waals surface area contributed by atoms with Gasteiger partial charge in [-0.05, 0) is 29.8 Å². The molecule has 21 heavy (non-hydrogen) atoms. The second-order valence-corrected chi connectivity index (χ2v) is 4.51. The van der Waals surface area contributed by atoms with E-state index in [-0.39, 0.29) is 0 Å². The molecule has 0 saturated carbocycles. The van der Waals surface area contributed by atoms with Crippen molar-refractivity contribution >= 4 is 5.82 Å². The average Bonchev–Trinajstić information content (AvgIpc) is 2.97. The molecule has 0 atom stereocenters. The Labute approximate surface area is 121 Å². The summed E-state index contributed by atoms with van der Waals surface area (Å²) in [6.45, 7) is 0. The van der Waals surface area contributed by atoms with Gasteiger partial charge in [-0.25, -0.2) is 4.98 Å². The number of nitrogens with zero attached hydrogens (tertiary/aromatic N) is 3. The Morgan fingerprint density at radius 1 is 1.19 bits per heavy atom. The minimum absolute atomic E-state index is 0.419. The van der Waals surface area contributed by atoms with Crippen molar-refractivity contribution in [2.45, 2.75) is 6.42 Å². The van der Waals surface area contributed by atoms with E-state index in [1.807, 2.05) is 24.3 Å². The molecule has 6 heteroatoms. The van der Waals surface area contributed by atoms with Crippen molar-refractivity contribution in [3.8, 4) is 17.2 Å². The minimum Gasteiger partial charge on any atom is -0.497 e. The van der Waals surface area contributed by atoms with Crippen LogP contribution in [0.4, 0.5) is 5.82 Å². The van der Waals surface area contributed by atoms with Crippen LogP contribution < -0.4 is 10.5 Å². The van der Waals surface area contributed by atoms with E-state index in [0.717, 1.165) is 16.9 Å². The molecule has 6 nitrogen and oxygen atoms in total. The van der Waals surface area contributed by atoms with Crippen LogP contribution in [-0.2, 0) is 6.42 Å². The van der Waals surface area contributed by atoms with Gasteiger partial charge in [-0.3, -0.25) is 0 Å². The molecular formula is C15H14N4O2. The fourth-order valence-electron chi connectivity index (χ4n) is 1.95. The first kappa shape index (κ1) is 13.1. The van der Waals surface area contributed by atoms with Crippen LogP contribution in [0.1, 0.15) is 11.4 Å². The number of nitrogen functional groups attached to an aromatic ring is 1. The molecular weight excluding hydrogens is 268 g/mol. The number of methoxy groups -OCH3 is 1. The zero-order chi connectivity index (χ0) is 14.7. The van der Waals surface area contributed by atoms with Gasteiger partial charge in [-0.15, -0.1) is 0 Å². The standard InChI is InChI=1S/C15H14N4O2/c1-20-12-4-2-10(3-5-12)8-14-18-15(21-19-14)11-6-7-17-13(16)9-11/h2-7,9H,8H2,1H3,(H2,16,17). The quantitative estimate of drug-likeness (QED) is 0.790. The summed E-state index contributed by atoms with van der Waals surface area (Å²) in [5, 5.41) is 3.98. The van der Waals surface area contributed by atoms with Crippen molar-refractivity contribution in [3.63, 3.8) is 0 Å². The number of aromatic nitrogens is 3. The van der Waals surface area contributed by atoms with Crippen molar-refractivity contribution in [2.75, 3.05) is 12.8 Å². The van der Waals surface area contributed by atoms with Crippen LogP contribution in [0.5, 0.6) is 5.75 Å². The third-order valence-corrected chi connectivity index (χ3v) is 3.02. The number of nitrogens with two attached hydrogens (primary N) is 1. The summed E-state index contributed by atoms with van der Waals surface area (Å²) in [6, 6.07) is 11.2. The molecule has 106 valence electrons. The lowest BCUT2D eigenvalue weighted by molar-refractivity contribution is 0.414. The van der Waals surface area contributed by atoms with E-state index in [4.69, 9.17) is 15.0 Å². The Morgan fingerprint density at radius 3 is 2.71 bits per heavy atom. The molecule has 0 aliphatic rings. The Kier molecular flexibility index (Phi) is 3.51. The molecule has 0 aliphatic carbocycles. The zero-order valence-corrected chi connectivity index (χ0v) is 11.5. The molecule has 0 saturated heterocycles. The fraction of sp³-hybridized carbons (Fsp3) is 0.133. The smallest absolute Gasteiger partial charge is 0.258 e. The fourth-order valence-corrected chi connectivity index (χ4v) is 1.95. The first-order valence-electron chi connectivity index (χ1n) is 6.42. The zero-order valence-electron chi connectivity index (χ0n) is 11.5. The summed E-state index contributed by atoms with van der Waals surface area (Å²) in [5.41, 5.74) is 7.48. The molecule has 0 amide bonds. The van der Waals surface area contributed by atoms with Gasteiger partial charge >= 0.3 is 0 Å². The van der Waals surface area contributed by atoms with Gasteiger partial charge in [-0.1, -0.05) is 17.3 Å². The number of rotatable bonds is 4. The maximum Gasteiger partial charge on any atom is 0.258 e. The summed E-state index contributed by atoms with van der Waals surface area (Å²) >= 11 is 0. The van der Waals surface area contributed by atoms with Crippen molar-refractivity contribution in [3.05, 3.63) is 54.0 Å². The van der Waals surface area contributed by atoms with Gasteiger partial charge in [0.1, 0.15) is 11.6 Å². The summed E-state index contributed by atoms with van der Waals surface area (Å²) < 4.78 is 10.4. The van der Waals surface area contributed by atoms with Crippen LogP contribution in [-0.4, -0.2) is 22.2 Å². The number of benzene rings is 1. The molecule has 0 aliphatic heterocycles. The minimum atomic E-state index is 0.419. The van der Waals surface area contributed by atoms with E-state index in [9.17, 15) is 0 Å². The molecule has 2 N–H and O–H groups in total. The molecule has 0 fully saturated rings. The predicted octanol–water partition coefficient (Wildman–Crippen LogP) is 2.31. The van der Waals surface area contributed by atoms with E-state index >= 15 is 0 Å². The number of pyridine rings is 1. The van der Waals surface area contributed by atoms with Crippen molar-refractivity contribution in [2.24, 2.45) is 0 Å². The number of hydrogen-bond acceptors (Lipinski definition) is 6. The van der Waals surface area contributed by atoms with Gasteiger partial charge in [-0.2, -0.15) is 4.98 Å². The van der Waals surface area contributed by atoms with Crippen LogP contribution in [0.3, 0.4) is 0 Å². The lowest BCUT2D eigenvalue weighted by Crippen LogP contribution is -1.92. The van der Waals surface area contributed by atoms with Gasteiger partial charge in [0.2, 0.25) is 0 Å². The van der Waals surface area contributed by atoms with E-state index in [2.05, 4.69) is 15.1 Å². The summed E-state index contributed by atoms with van der Waals surface area (Å²) in [4.78, 5) is 8.30. The summed E-state index contributed by atoms with van der Waals surface area (Å²) in [7, 11) is 1.64. The van der Waals surface area contributed by atoms with Crippen molar-refractivity contribution < 1.29 is 9.26 Å². The first-order valence-corrected chi connectivity index (χ1v) is 6.42. The molecule has 0 spiro atoms. The van der Waals surface area contributed by atoms with Crippen LogP contribution >= 0.6 is 0 Å². The third-order valence-electron chi connectivity index (χ3n) is 3.02. The van der Waals surface area contributed by atoms with E-state index < -0.39 is 0 Å². The topological polar surface area (TPSA) is 87.1 Å². The highest BCUT2D eigenvalue weighted by Crippen LogP contribution is 2.19. The Hall–Kier alpha value is -2.89. The van der Waals surface area contributed by atoms with Crippen molar-refractivity contribution in [1.29, 1.82) is 0 Å². The molecule has 3 aromatic rings. The maximum absolute atomic E-state index is 5.64. The molecule has 2 heterocycles. The second kappa shape index (κ2) is 5.62. The molecule has 0 radical (unpaired) electrons. The Balaban J connectivity index is 1.78. The highest BCUT2D eigenvalue weighted by molar-refractivity contribution is 5.56. The number of ether oxygens (including phenoxy) is 1. The summed E-state index contributed by atoms with van der Waals surface area (Å²) in [5.74, 6) is 2.29. The molecule has 0 unspecified atom stereocenters. The van der Waals surface area contributed by atoms with Gasteiger partial charge in [0.15, 0.2) is 5.82 Å². The number of hydrogen-bond donors (Lipinski definition) is 1. The maximum atomic E-state index is 5.64. The van der Waals surface area contributed by atoms with E-state index in [1.54, 1.807) is 25.4 Å². The highest BCUT2D eigenvalue weighted by Gasteiger charge is 2.10. The molecule has 3 rings (SSSR count). The first-order chi connectivity index (χ1) is 10.2. The lowest BCUT2D eigenvalue weighted by atomic mass is 10.1. The van der Waals surface area contributed by atoms with Gasteiger partial charge in [0.05, 0.1) is 7.11 Å². The molecule has 0 bridgehead atoms. The highest BCUT2D eigenvalue weighted by atomic mass is 16.5. The predicted molar refractivity (Wildman–Crippen MR) is 77.7 cm³/mol. The van der Waals surface area contributed by atoms with Crippen molar-refractivity contribution in [1.82, 2.24) is 15.1 Å². The van der Waals surface area contributed by atoms with Crippen LogP contribution in [0.2, 0.25) is 0 Å². The Morgan fingerprint density at radius 2 is 2.00 bits per heavy atom. The van der Waals surface area contributed by atoms with Crippen LogP contribution in [0.15, 0.2) is 47.1 Å². The van der Waals surface area contributed by atoms with Gasteiger partial charge < -0.3 is 15.0 Å². The molecule has 2 aromatic heterocycles. The summed E-state index contributed by atoms with van der Waals surface area (Å²) in [6.07, 6.45) is 2.20. The lowest BCUT2D eigenvalue weighted by Gasteiger charge is -2.00. The third kappa shape index (κ3) is 3.00. The SMILES string of the molecule is COc1ccc(Cc2noc(-c3ccnc(N)c3)n2)cc1. The van der Waals surface area contributed by atoms with E-state index in [0.29, 0.717) is 24.0 Å².